The van der Waals surface area contributed by atoms with E-state index in [4.69, 9.17) is 4.74 Å². The lowest BCUT2D eigenvalue weighted by Crippen LogP contribution is -3.11. The van der Waals surface area contributed by atoms with Gasteiger partial charge in [0.25, 0.3) is 5.91 Å². The number of imide groups is 1. The van der Waals surface area contributed by atoms with E-state index in [1.54, 1.807) is 6.92 Å². The molecule has 7 nitrogen and oxygen atoms in total. The van der Waals surface area contributed by atoms with Gasteiger partial charge in [0.05, 0.1) is 13.2 Å². The van der Waals surface area contributed by atoms with Gasteiger partial charge in [-0.1, -0.05) is 6.07 Å². The van der Waals surface area contributed by atoms with E-state index in [9.17, 15) is 9.59 Å². The Labute approximate surface area is 163 Å². The summed E-state index contributed by atoms with van der Waals surface area (Å²) in [5.41, 5.74) is 4.40. The van der Waals surface area contributed by atoms with Gasteiger partial charge in [-0.25, -0.2) is 9.78 Å². The van der Waals surface area contributed by atoms with Crippen molar-refractivity contribution in [2.24, 2.45) is 0 Å². The van der Waals surface area contributed by atoms with Crippen molar-refractivity contribution in [1.29, 1.82) is 0 Å². The molecule has 2 rings (SSSR count). The zero-order valence-electron chi connectivity index (χ0n) is 16.2. The quantitative estimate of drug-likeness (QED) is 0.642. The van der Waals surface area contributed by atoms with Gasteiger partial charge in [-0.3, -0.25) is 10.1 Å². The normalized spacial score (nSPS) is 11.7. The number of carbonyl (C=O) groups is 2. The minimum Gasteiger partial charge on any atom is -0.450 e. The van der Waals surface area contributed by atoms with Crippen molar-refractivity contribution in [2.75, 3.05) is 25.0 Å². The van der Waals surface area contributed by atoms with Crippen LogP contribution in [0.15, 0.2) is 23.6 Å². The minimum atomic E-state index is -0.702. The van der Waals surface area contributed by atoms with Gasteiger partial charge in [0.2, 0.25) is 0 Å². The lowest BCUT2D eigenvalue weighted by atomic mass is 10.1. The summed E-state index contributed by atoms with van der Waals surface area (Å²) < 4.78 is 4.72. The van der Waals surface area contributed by atoms with Gasteiger partial charge < -0.3 is 15.0 Å². The molecule has 0 aliphatic heterocycles. The molecule has 0 saturated carbocycles. The number of benzene rings is 1. The summed E-state index contributed by atoms with van der Waals surface area (Å²) in [6, 6.07) is 6.21. The third-order valence-corrected chi connectivity index (χ3v) is 4.98. The molecule has 2 amide bonds. The number of alkyl carbamates (subject to hydrolysis) is 1. The number of anilines is 2. The average Bonchev–Trinajstić information content (AvgIpc) is 3.04. The van der Waals surface area contributed by atoms with Crippen LogP contribution in [0.1, 0.15) is 30.7 Å². The Bertz CT molecular complexity index is 791. The van der Waals surface area contributed by atoms with Gasteiger partial charge in [0.1, 0.15) is 12.2 Å². The Hall–Kier alpha value is -2.45. The SMILES string of the molecule is CCOC(=O)NC(=O)C[NH+](CC)Cc1csc(Nc2ccc(C)c(C)c2)n1. The number of nitrogens with zero attached hydrogens (tertiary/aromatic N) is 1. The first-order valence-corrected chi connectivity index (χ1v) is 9.88. The number of ether oxygens (including phenoxy) is 1. The van der Waals surface area contributed by atoms with Crippen molar-refractivity contribution in [3.8, 4) is 0 Å². The molecular weight excluding hydrogens is 364 g/mol. The topological polar surface area (TPSA) is 84.8 Å². The monoisotopic (exact) mass is 391 g/mol. The number of hydrogen-bond donors (Lipinski definition) is 3. The number of rotatable bonds is 8. The van der Waals surface area contributed by atoms with Crippen molar-refractivity contribution >= 4 is 34.2 Å². The first-order valence-electron chi connectivity index (χ1n) is 9.00. The minimum absolute atomic E-state index is 0.187. The van der Waals surface area contributed by atoms with Crippen LogP contribution in [0.3, 0.4) is 0 Å². The lowest BCUT2D eigenvalue weighted by molar-refractivity contribution is -0.904. The van der Waals surface area contributed by atoms with E-state index in [2.05, 4.69) is 41.6 Å². The number of likely N-dealkylation sites (N-methyl/N-ethyl adjacent to an activating group) is 1. The molecule has 8 heteroatoms. The van der Waals surface area contributed by atoms with Gasteiger partial charge in [-0.05, 0) is 51.0 Å². The van der Waals surface area contributed by atoms with Crippen molar-refractivity contribution < 1.29 is 19.2 Å². The summed E-state index contributed by atoms with van der Waals surface area (Å²) in [6.45, 7) is 9.63. The summed E-state index contributed by atoms with van der Waals surface area (Å²) in [6.07, 6.45) is -0.702. The second-order valence-corrected chi connectivity index (χ2v) is 7.15. The van der Waals surface area contributed by atoms with Gasteiger partial charge in [0.15, 0.2) is 11.7 Å². The molecule has 0 radical (unpaired) electrons. The van der Waals surface area contributed by atoms with E-state index < -0.39 is 6.09 Å². The zero-order valence-corrected chi connectivity index (χ0v) is 17.0. The van der Waals surface area contributed by atoms with E-state index in [-0.39, 0.29) is 19.1 Å². The van der Waals surface area contributed by atoms with Gasteiger partial charge in [0, 0.05) is 11.1 Å². The molecule has 3 N–H and O–H groups in total. The molecule has 0 aliphatic rings. The van der Waals surface area contributed by atoms with Gasteiger partial charge >= 0.3 is 6.09 Å². The highest BCUT2D eigenvalue weighted by Crippen LogP contribution is 2.22. The van der Waals surface area contributed by atoms with Crippen LogP contribution in [0.2, 0.25) is 0 Å². The first kappa shape index (κ1) is 20.9. The fourth-order valence-electron chi connectivity index (χ4n) is 2.51. The van der Waals surface area contributed by atoms with Crippen LogP contribution in [0, 0.1) is 13.8 Å². The molecule has 2 aromatic rings. The van der Waals surface area contributed by atoms with E-state index in [0.717, 1.165) is 28.0 Å². The molecule has 1 heterocycles. The van der Waals surface area contributed by atoms with Crippen LogP contribution in [0.4, 0.5) is 15.6 Å². The van der Waals surface area contributed by atoms with Gasteiger partial charge in [-0.2, -0.15) is 0 Å². The smallest absolute Gasteiger partial charge is 0.414 e. The van der Waals surface area contributed by atoms with Crippen molar-refractivity contribution in [2.45, 2.75) is 34.2 Å². The fraction of sp³-hybridized carbons (Fsp3) is 0.421. The summed E-state index contributed by atoms with van der Waals surface area (Å²) >= 11 is 1.53. The number of thiazole rings is 1. The Morgan fingerprint density at radius 3 is 2.67 bits per heavy atom. The van der Waals surface area contributed by atoms with Crippen LogP contribution >= 0.6 is 11.3 Å². The van der Waals surface area contributed by atoms with Crippen LogP contribution in [-0.2, 0) is 16.1 Å². The maximum atomic E-state index is 11.9. The molecule has 0 aliphatic carbocycles. The lowest BCUT2D eigenvalue weighted by Gasteiger charge is -2.15. The van der Waals surface area contributed by atoms with Crippen LogP contribution < -0.4 is 15.5 Å². The number of amides is 2. The second-order valence-electron chi connectivity index (χ2n) is 6.29. The number of hydrogen-bond acceptors (Lipinski definition) is 6. The van der Waals surface area contributed by atoms with E-state index in [1.165, 1.54) is 22.5 Å². The van der Waals surface area contributed by atoms with Crippen LogP contribution in [-0.4, -0.2) is 36.7 Å². The van der Waals surface area contributed by atoms with E-state index in [1.807, 2.05) is 18.4 Å². The van der Waals surface area contributed by atoms with Crippen molar-refractivity contribution in [3.05, 3.63) is 40.4 Å². The van der Waals surface area contributed by atoms with Crippen LogP contribution in [0.5, 0.6) is 0 Å². The molecule has 1 atom stereocenters. The number of nitrogens with one attached hydrogen (secondary N) is 3. The number of aryl methyl sites for hydroxylation is 2. The Kier molecular flexibility index (Phi) is 7.75. The first-order chi connectivity index (χ1) is 12.9. The van der Waals surface area contributed by atoms with E-state index >= 15 is 0 Å². The standard InChI is InChI=1S/C19H26N4O3S/c1-5-23(11-17(24)22-19(25)26-6-2)10-16-12-27-18(21-16)20-15-8-7-13(3)14(4)9-15/h7-9,12H,5-6,10-11H2,1-4H3,(H,20,21)(H,22,24,25)/p+1. The molecule has 1 aromatic carbocycles. The maximum Gasteiger partial charge on any atom is 0.414 e. The molecule has 0 spiro atoms. The van der Waals surface area contributed by atoms with Crippen molar-refractivity contribution in [1.82, 2.24) is 10.3 Å². The molecule has 1 aromatic heterocycles. The zero-order chi connectivity index (χ0) is 19.8. The molecule has 0 saturated heterocycles. The molecule has 27 heavy (non-hydrogen) atoms. The predicted molar refractivity (Wildman–Crippen MR) is 107 cm³/mol. The van der Waals surface area contributed by atoms with Crippen molar-refractivity contribution in [3.63, 3.8) is 0 Å². The Morgan fingerprint density at radius 1 is 1.22 bits per heavy atom. The molecule has 0 bridgehead atoms. The summed E-state index contributed by atoms with van der Waals surface area (Å²) in [7, 11) is 0. The molecular formula is C19H27N4O3S+. The summed E-state index contributed by atoms with van der Waals surface area (Å²) in [4.78, 5) is 28.9. The molecule has 146 valence electrons. The highest BCUT2D eigenvalue weighted by molar-refractivity contribution is 7.13. The summed E-state index contributed by atoms with van der Waals surface area (Å²) in [5.74, 6) is -0.353. The van der Waals surface area contributed by atoms with E-state index in [0.29, 0.717) is 6.54 Å². The molecule has 0 fully saturated rings. The average molecular weight is 392 g/mol. The highest BCUT2D eigenvalue weighted by atomic mass is 32.1. The number of aromatic nitrogens is 1. The third-order valence-electron chi connectivity index (χ3n) is 4.17. The number of quaternary nitrogens is 1. The number of carbonyl (C=O) groups excluding carboxylic acids is 2. The van der Waals surface area contributed by atoms with Crippen LogP contribution in [0.25, 0.3) is 0 Å². The predicted octanol–water partition coefficient (Wildman–Crippen LogP) is 2.18. The Morgan fingerprint density at radius 2 is 2.00 bits per heavy atom. The molecule has 1 unspecified atom stereocenters. The fourth-order valence-corrected chi connectivity index (χ4v) is 3.24. The highest BCUT2D eigenvalue weighted by Gasteiger charge is 2.17. The second kappa shape index (κ2) is 10.0. The van der Waals surface area contributed by atoms with Gasteiger partial charge in [-0.15, -0.1) is 11.3 Å². The Balaban J connectivity index is 1.91. The largest absolute Gasteiger partial charge is 0.450 e. The summed E-state index contributed by atoms with van der Waals surface area (Å²) in [5, 5.41) is 8.36. The maximum absolute atomic E-state index is 11.9. The third kappa shape index (κ3) is 6.65.